The Hall–Kier alpha value is -1.10. The van der Waals surface area contributed by atoms with Crippen LogP contribution >= 0.6 is 0 Å². The van der Waals surface area contributed by atoms with Crippen molar-refractivity contribution < 1.29 is 17.6 Å². The maximum absolute atomic E-state index is 13.1. The monoisotopic (exact) mass is 263 g/mol. The largest absolute Gasteiger partial charge is 0.389 e. The van der Waals surface area contributed by atoms with Crippen LogP contribution in [0.25, 0.3) is 0 Å². The second kappa shape index (κ2) is 6.73. The first-order chi connectivity index (χ1) is 8.42. The minimum absolute atomic E-state index is 0.0394. The van der Waals surface area contributed by atoms with Gasteiger partial charge in [0.1, 0.15) is 5.82 Å². The Morgan fingerprint density at radius 2 is 2.00 bits per heavy atom. The Balaban J connectivity index is 2.60. The first-order valence-corrected chi connectivity index (χ1v) is 5.98. The Morgan fingerprint density at radius 3 is 2.56 bits per heavy atom. The van der Waals surface area contributed by atoms with Crippen molar-refractivity contribution in [2.24, 2.45) is 0 Å². The molecule has 1 nitrogen and oxygen atoms in total. The highest BCUT2D eigenvalue weighted by Crippen LogP contribution is 2.26. The molecule has 1 atom stereocenters. The van der Waals surface area contributed by atoms with Crippen LogP contribution in [0.5, 0.6) is 0 Å². The molecule has 0 aliphatic heterocycles. The number of halogens is 4. The van der Waals surface area contributed by atoms with E-state index >= 15 is 0 Å². The molecule has 0 aliphatic carbocycles. The maximum atomic E-state index is 13.1. The van der Waals surface area contributed by atoms with Crippen molar-refractivity contribution in [1.82, 2.24) is 5.32 Å². The van der Waals surface area contributed by atoms with Gasteiger partial charge in [-0.1, -0.05) is 19.1 Å². The quantitative estimate of drug-likeness (QED) is 0.758. The summed E-state index contributed by atoms with van der Waals surface area (Å²) in [7, 11) is 0. The van der Waals surface area contributed by atoms with Crippen LogP contribution < -0.4 is 5.32 Å². The Labute approximate surface area is 104 Å². The van der Waals surface area contributed by atoms with Gasteiger partial charge in [-0.05, 0) is 37.1 Å². The molecule has 1 aromatic carbocycles. The summed E-state index contributed by atoms with van der Waals surface area (Å²) in [4.78, 5) is 0. The zero-order valence-electron chi connectivity index (χ0n) is 10.2. The van der Waals surface area contributed by atoms with Gasteiger partial charge in [-0.25, -0.2) is 4.39 Å². The predicted octanol–water partition coefficient (Wildman–Crippen LogP) is 4.21. The highest BCUT2D eigenvalue weighted by atomic mass is 19.4. The van der Waals surface area contributed by atoms with Crippen molar-refractivity contribution in [1.29, 1.82) is 0 Å². The van der Waals surface area contributed by atoms with E-state index < -0.39 is 12.6 Å². The van der Waals surface area contributed by atoms with Crippen LogP contribution in [0.4, 0.5) is 17.6 Å². The average Bonchev–Trinajstić information content (AvgIpc) is 2.26. The van der Waals surface area contributed by atoms with Gasteiger partial charge in [0.15, 0.2) is 0 Å². The smallest absolute Gasteiger partial charge is 0.310 e. The summed E-state index contributed by atoms with van der Waals surface area (Å²) in [6, 6.07) is 5.75. The van der Waals surface area contributed by atoms with Crippen LogP contribution in [0.1, 0.15) is 37.8 Å². The second-order valence-corrected chi connectivity index (χ2v) is 4.17. The molecule has 0 heterocycles. The van der Waals surface area contributed by atoms with Gasteiger partial charge in [0.05, 0.1) is 0 Å². The van der Waals surface area contributed by atoms with E-state index in [2.05, 4.69) is 5.32 Å². The lowest BCUT2D eigenvalue weighted by atomic mass is 10.0. The number of rotatable bonds is 6. The minimum atomic E-state index is -4.13. The standard InChI is InChI=1S/C13H17F4N/c1-2-18-12(7-4-8-13(15,16)17)10-5-3-6-11(14)9-10/h3,5-6,9,12,18H,2,4,7-8H2,1H3. The van der Waals surface area contributed by atoms with Gasteiger partial charge in [0.2, 0.25) is 0 Å². The SMILES string of the molecule is CCNC(CCCC(F)(F)F)c1cccc(F)c1. The first kappa shape index (κ1) is 15.0. The lowest BCUT2D eigenvalue weighted by Gasteiger charge is -2.18. The molecule has 0 spiro atoms. The summed E-state index contributed by atoms with van der Waals surface area (Å²) >= 11 is 0. The number of hydrogen-bond acceptors (Lipinski definition) is 1. The fourth-order valence-corrected chi connectivity index (χ4v) is 1.86. The molecule has 0 aromatic heterocycles. The molecule has 0 radical (unpaired) electrons. The van der Waals surface area contributed by atoms with Crippen LogP contribution in [0.3, 0.4) is 0 Å². The molecule has 0 amide bonds. The van der Waals surface area contributed by atoms with Gasteiger partial charge in [0, 0.05) is 12.5 Å². The topological polar surface area (TPSA) is 12.0 Å². The predicted molar refractivity (Wildman–Crippen MR) is 62.7 cm³/mol. The van der Waals surface area contributed by atoms with Crippen molar-refractivity contribution in [3.8, 4) is 0 Å². The van der Waals surface area contributed by atoms with Crippen molar-refractivity contribution in [3.63, 3.8) is 0 Å². The molecule has 1 rings (SSSR count). The first-order valence-electron chi connectivity index (χ1n) is 5.98. The van der Waals surface area contributed by atoms with Crippen molar-refractivity contribution in [3.05, 3.63) is 35.6 Å². The Bertz CT molecular complexity index is 362. The van der Waals surface area contributed by atoms with Gasteiger partial charge >= 0.3 is 6.18 Å². The molecule has 0 fully saturated rings. The van der Waals surface area contributed by atoms with Crippen LogP contribution in [0, 0.1) is 5.82 Å². The van der Waals surface area contributed by atoms with Gasteiger partial charge < -0.3 is 5.32 Å². The minimum Gasteiger partial charge on any atom is -0.310 e. The summed E-state index contributed by atoms with van der Waals surface area (Å²) in [5, 5.41) is 3.08. The summed E-state index contributed by atoms with van der Waals surface area (Å²) in [6.45, 7) is 2.50. The third-order valence-electron chi connectivity index (χ3n) is 2.65. The molecule has 0 aliphatic rings. The lowest BCUT2D eigenvalue weighted by Crippen LogP contribution is -2.21. The van der Waals surface area contributed by atoms with Crippen LogP contribution in [0.15, 0.2) is 24.3 Å². The molecule has 1 aromatic rings. The third-order valence-corrected chi connectivity index (χ3v) is 2.65. The molecular weight excluding hydrogens is 246 g/mol. The molecule has 0 saturated carbocycles. The van der Waals surface area contributed by atoms with Gasteiger partial charge in [-0.15, -0.1) is 0 Å². The second-order valence-electron chi connectivity index (χ2n) is 4.17. The number of alkyl halides is 3. The highest BCUT2D eigenvalue weighted by molar-refractivity contribution is 5.20. The molecular formula is C13H17F4N. The summed E-state index contributed by atoms with van der Waals surface area (Å²) in [6.07, 6.45) is -4.54. The van der Waals surface area contributed by atoms with Crippen LogP contribution in [-0.2, 0) is 0 Å². The normalized spacial score (nSPS) is 13.6. The Kier molecular flexibility index (Phi) is 5.59. The van der Waals surface area contributed by atoms with Gasteiger partial charge in [-0.3, -0.25) is 0 Å². The summed E-state index contributed by atoms with van der Waals surface area (Å²) in [5.74, 6) is -0.369. The van der Waals surface area contributed by atoms with E-state index in [0.717, 1.165) is 0 Å². The van der Waals surface area contributed by atoms with E-state index in [1.807, 2.05) is 6.92 Å². The fraction of sp³-hybridized carbons (Fsp3) is 0.538. The maximum Gasteiger partial charge on any atom is 0.389 e. The number of nitrogens with one attached hydrogen (secondary N) is 1. The van der Waals surface area contributed by atoms with Crippen LogP contribution in [0.2, 0.25) is 0 Å². The molecule has 0 bridgehead atoms. The van der Waals surface area contributed by atoms with Crippen molar-refractivity contribution in [2.45, 2.75) is 38.4 Å². The molecule has 1 unspecified atom stereocenters. The highest BCUT2D eigenvalue weighted by Gasteiger charge is 2.26. The number of hydrogen-bond donors (Lipinski definition) is 1. The molecule has 1 N–H and O–H groups in total. The van der Waals surface area contributed by atoms with Crippen molar-refractivity contribution in [2.75, 3.05) is 6.54 Å². The number of benzene rings is 1. The van der Waals surface area contributed by atoms with E-state index in [4.69, 9.17) is 0 Å². The molecule has 0 saturated heterocycles. The molecule has 5 heteroatoms. The zero-order valence-corrected chi connectivity index (χ0v) is 10.2. The summed E-state index contributed by atoms with van der Waals surface area (Å²) < 4.78 is 49.3. The molecule has 18 heavy (non-hydrogen) atoms. The van der Waals surface area contributed by atoms with E-state index in [-0.39, 0.29) is 18.3 Å². The van der Waals surface area contributed by atoms with Gasteiger partial charge in [-0.2, -0.15) is 13.2 Å². The van der Waals surface area contributed by atoms with E-state index in [1.54, 1.807) is 12.1 Å². The average molecular weight is 263 g/mol. The van der Waals surface area contributed by atoms with Crippen molar-refractivity contribution >= 4 is 0 Å². The van der Waals surface area contributed by atoms with E-state index in [1.165, 1.54) is 12.1 Å². The third kappa shape index (κ3) is 5.49. The molecule has 102 valence electrons. The summed E-state index contributed by atoms with van der Waals surface area (Å²) in [5.41, 5.74) is 0.694. The van der Waals surface area contributed by atoms with E-state index in [9.17, 15) is 17.6 Å². The Morgan fingerprint density at radius 1 is 1.28 bits per heavy atom. The zero-order chi connectivity index (χ0) is 13.6. The fourth-order valence-electron chi connectivity index (χ4n) is 1.86. The van der Waals surface area contributed by atoms with E-state index in [0.29, 0.717) is 18.5 Å². The lowest BCUT2D eigenvalue weighted by molar-refractivity contribution is -0.135. The van der Waals surface area contributed by atoms with Crippen LogP contribution in [-0.4, -0.2) is 12.7 Å². The van der Waals surface area contributed by atoms with Gasteiger partial charge in [0.25, 0.3) is 0 Å².